The van der Waals surface area contributed by atoms with Crippen molar-refractivity contribution < 1.29 is 0 Å². The van der Waals surface area contributed by atoms with Crippen LogP contribution in [0, 0.1) is 6.92 Å². The topological polar surface area (TPSA) is 3.24 Å². The van der Waals surface area contributed by atoms with E-state index in [0.29, 0.717) is 0 Å². The zero-order valence-electron chi connectivity index (χ0n) is 9.85. The van der Waals surface area contributed by atoms with Crippen molar-refractivity contribution in [3.05, 3.63) is 46.8 Å². The van der Waals surface area contributed by atoms with Crippen LogP contribution in [0.1, 0.15) is 16.9 Å². The van der Waals surface area contributed by atoms with Crippen LogP contribution < -0.4 is 4.31 Å². The summed E-state index contributed by atoms with van der Waals surface area (Å²) in [6.07, 6.45) is 2.48. The van der Waals surface area contributed by atoms with E-state index in [-0.39, 0.29) is 0 Å². The second kappa shape index (κ2) is 4.75. The van der Waals surface area contributed by atoms with Crippen LogP contribution in [0.15, 0.2) is 40.6 Å². The molecule has 0 amide bonds. The van der Waals surface area contributed by atoms with Gasteiger partial charge in [-0.3, -0.25) is 0 Å². The van der Waals surface area contributed by atoms with Gasteiger partial charge in [0.15, 0.2) is 0 Å². The predicted octanol–water partition coefficient (Wildman–Crippen LogP) is 4.52. The lowest BCUT2D eigenvalue weighted by molar-refractivity contribution is 0.795. The molecule has 1 aliphatic heterocycles. The van der Waals surface area contributed by atoms with E-state index in [0.717, 1.165) is 6.54 Å². The monoisotopic (exact) mass is 261 g/mol. The normalized spacial score (nSPS) is 14.8. The minimum Gasteiger partial charge on any atom is -0.311 e. The van der Waals surface area contributed by atoms with Gasteiger partial charge in [0, 0.05) is 11.4 Å². The molecule has 0 unspecified atom stereocenters. The Bertz CT molecular complexity index is 518. The zero-order valence-corrected chi connectivity index (χ0v) is 11.5. The predicted molar refractivity (Wildman–Crippen MR) is 77.0 cm³/mol. The van der Waals surface area contributed by atoms with Crippen LogP contribution in [0.25, 0.3) is 0 Å². The Kier molecular flexibility index (Phi) is 3.12. The molecule has 0 bridgehead atoms. The number of rotatable bonds is 2. The summed E-state index contributed by atoms with van der Waals surface area (Å²) in [7, 11) is 0. The Labute approximate surface area is 111 Å². The average Bonchev–Trinajstić information content (AvgIpc) is 2.75. The molecule has 0 atom stereocenters. The maximum Gasteiger partial charge on any atom is 0.0812 e. The van der Waals surface area contributed by atoms with Gasteiger partial charge in [0.2, 0.25) is 0 Å². The van der Waals surface area contributed by atoms with E-state index in [1.807, 2.05) is 23.3 Å². The molecule has 0 aliphatic carbocycles. The molecular weight excluding hydrogens is 246 g/mol. The van der Waals surface area contributed by atoms with E-state index in [9.17, 15) is 0 Å². The van der Waals surface area contributed by atoms with Gasteiger partial charge in [0.05, 0.1) is 9.90 Å². The molecule has 2 heterocycles. The molecule has 3 rings (SSSR count). The molecule has 0 radical (unpaired) electrons. The molecule has 0 N–H and O–H groups in total. The van der Waals surface area contributed by atoms with E-state index in [4.69, 9.17) is 0 Å². The second-order valence-electron chi connectivity index (χ2n) is 4.29. The summed E-state index contributed by atoms with van der Waals surface area (Å²) in [4.78, 5) is 1.39. The molecule has 2 aromatic rings. The van der Waals surface area contributed by atoms with Crippen molar-refractivity contribution in [2.45, 2.75) is 24.0 Å². The SMILES string of the molecule is Cc1ccc(SN2CCCc3ccccc32)s1. The highest BCUT2D eigenvalue weighted by Crippen LogP contribution is 2.37. The molecule has 88 valence electrons. The number of hydrogen-bond acceptors (Lipinski definition) is 3. The zero-order chi connectivity index (χ0) is 11.7. The lowest BCUT2D eigenvalue weighted by atomic mass is 10.0. The summed E-state index contributed by atoms with van der Waals surface area (Å²) in [6, 6.07) is 13.2. The molecule has 1 nitrogen and oxygen atoms in total. The number of para-hydroxylation sites is 1. The fourth-order valence-electron chi connectivity index (χ4n) is 2.16. The van der Waals surface area contributed by atoms with Crippen molar-refractivity contribution in [3.63, 3.8) is 0 Å². The van der Waals surface area contributed by atoms with Crippen LogP contribution in [0.3, 0.4) is 0 Å². The van der Waals surface area contributed by atoms with Crippen molar-refractivity contribution in [1.29, 1.82) is 0 Å². The summed E-state index contributed by atoms with van der Waals surface area (Å²) in [5, 5.41) is 0. The van der Waals surface area contributed by atoms with Crippen LogP contribution in [0.2, 0.25) is 0 Å². The first kappa shape index (κ1) is 11.2. The van der Waals surface area contributed by atoms with Crippen LogP contribution in [0.4, 0.5) is 5.69 Å². The minimum absolute atomic E-state index is 1.15. The van der Waals surface area contributed by atoms with E-state index < -0.39 is 0 Å². The standard InChI is InChI=1S/C14H15NS2/c1-11-8-9-14(16-11)17-15-10-4-6-12-5-2-3-7-13(12)15/h2-3,5,7-9H,4,6,10H2,1H3. The number of hydrogen-bond donors (Lipinski definition) is 0. The van der Waals surface area contributed by atoms with Gasteiger partial charge in [-0.15, -0.1) is 11.3 Å². The van der Waals surface area contributed by atoms with Crippen LogP contribution in [-0.2, 0) is 6.42 Å². The van der Waals surface area contributed by atoms with Crippen LogP contribution in [-0.4, -0.2) is 6.54 Å². The number of thiophene rings is 1. The lowest BCUT2D eigenvalue weighted by Crippen LogP contribution is -2.21. The van der Waals surface area contributed by atoms with Crippen molar-refractivity contribution in [2.75, 3.05) is 10.8 Å². The largest absolute Gasteiger partial charge is 0.311 e. The van der Waals surface area contributed by atoms with Crippen molar-refractivity contribution in [2.24, 2.45) is 0 Å². The van der Waals surface area contributed by atoms with Gasteiger partial charge in [-0.25, -0.2) is 0 Å². The fraction of sp³-hybridized carbons (Fsp3) is 0.286. The highest BCUT2D eigenvalue weighted by Gasteiger charge is 2.17. The molecule has 1 aliphatic rings. The van der Waals surface area contributed by atoms with Crippen molar-refractivity contribution >= 4 is 29.0 Å². The molecule has 3 heteroatoms. The minimum atomic E-state index is 1.15. The summed E-state index contributed by atoms with van der Waals surface area (Å²) < 4.78 is 3.82. The molecule has 0 saturated carbocycles. The van der Waals surface area contributed by atoms with E-state index in [1.54, 1.807) is 0 Å². The van der Waals surface area contributed by atoms with Crippen molar-refractivity contribution in [3.8, 4) is 0 Å². The Morgan fingerprint density at radius 1 is 1.18 bits per heavy atom. The van der Waals surface area contributed by atoms with Gasteiger partial charge in [0.25, 0.3) is 0 Å². The van der Waals surface area contributed by atoms with Gasteiger partial charge in [0.1, 0.15) is 0 Å². The molecule has 0 fully saturated rings. The summed E-state index contributed by atoms with van der Waals surface area (Å²) in [6.45, 7) is 3.32. The van der Waals surface area contributed by atoms with Gasteiger partial charge in [-0.2, -0.15) is 0 Å². The third-order valence-electron chi connectivity index (χ3n) is 2.98. The first-order valence-electron chi connectivity index (χ1n) is 5.93. The number of benzene rings is 1. The molecule has 0 spiro atoms. The van der Waals surface area contributed by atoms with E-state index in [2.05, 4.69) is 47.6 Å². The first-order chi connectivity index (χ1) is 8.33. The second-order valence-corrected chi connectivity index (χ2v) is 6.90. The maximum atomic E-state index is 2.43. The van der Waals surface area contributed by atoms with E-state index >= 15 is 0 Å². The molecule has 1 aromatic carbocycles. The third kappa shape index (κ3) is 2.35. The lowest BCUT2D eigenvalue weighted by Gasteiger charge is -2.29. The highest BCUT2D eigenvalue weighted by molar-refractivity contribution is 8.02. The Balaban J connectivity index is 1.85. The smallest absolute Gasteiger partial charge is 0.0812 e. The van der Waals surface area contributed by atoms with Gasteiger partial charge >= 0.3 is 0 Å². The molecule has 1 aromatic heterocycles. The maximum absolute atomic E-state index is 2.43. The van der Waals surface area contributed by atoms with Crippen molar-refractivity contribution in [1.82, 2.24) is 0 Å². The third-order valence-corrected chi connectivity index (χ3v) is 5.17. The van der Waals surface area contributed by atoms with Crippen LogP contribution >= 0.6 is 23.3 Å². The number of fused-ring (bicyclic) bond motifs is 1. The summed E-state index contributed by atoms with van der Waals surface area (Å²) >= 11 is 3.76. The quantitative estimate of drug-likeness (QED) is 0.731. The van der Waals surface area contributed by atoms with E-state index in [1.165, 1.54) is 33.2 Å². The first-order valence-corrected chi connectivity index (χ1v) is 7.52. The van der Waals surface area contributed by atoms with Gasteiger partial charge < -0.3 is 4.31 Å². The Morgan fingerprint density at radius 3 is 2.88 bits per heavy atom. The Morgan fingerprint density at radius 2 is 2.06 bits per heavy atom. The average molecular weight is 261 g/mol. The number of aryl methyl sites for hydroxylation is 2. The summed E-state index contributed by atoms with van der Waals surface area (Å²) in [5.41, 5.74) is 2.88. The molecule has 0 saturated heterocycles. The summed E-state index contributed by atoms with van der Waals surface area (Å²) in [5.74, 6) is 0. The van der Waals surface area contributed by atoms with Crippen LogP contribution in [0.5, 0.6) is 0 Å². The molecular formula is C14H15NS2. The Hall–Kier alpha value is -0.930. The highest BCUT2D eigenvalue weighted by atomic mass is 32.2. The number of anilines is 1. The fourth-order valence-corrected chi connectivity index (χ4v) is 4.41. The number of nitrogens with zero attached hydrogens (tertiary/aromatic N) is 1. The van der Waals surface area contributed by atoms with Gasteiger partial charge in [-0.1, -0.05) is 18.2 Å². The van der Waals surface area contributed by atoms with Gasteiger partial charge in [-0.05, 0) is 55.5 Å². The molecule has 17 heavy (non-hydrogen) atoms.